The average Bonchev–Trinajstić information content (AvgIpc) is 3.00. The van der Waals surface area contributed by atoms with Gasteiger partial charge in [0.15, 0.2) is 0 Å². The van der Waals surface area contributed by atoms with Crippen LogP contribution in [0.1, 0.15) is 37.4 Å². The van der Waals surface area contributed by atoms with Crippen LogP contribution in [0.5, 0.6) is 0 Å². The van der Waals surface area contributed by atoms with Crippen LogP contribution in [0.2, 0.25) is 0 Å². The zero-order chi connectivity index (χ0) is 15.2. The van der Waals surface area contributed by atoms with Gasteiger partial charge in [0.25, 0.3) is 0 Å². The number of nitrogens with one attached hydrogen (secondary N) is 1. The summed E-state index contributed by atoms with van der Waals surface area (Å²) in [5, 5.41) is 0. The molecule has 2 aromatic rings. The molecule has 1 aromatic heterocycles. The van der Waals surface area contributed by atoms with Gasteiger partial charge in [0, 0.05) is 11.8 Å². The van der Waals surface area contributed by atoms with Crippen LogP contribution >= 0.6 is 0 Å². The fourth-order valence-electron chi connectivity index (χ4n) is 2.13. The minimum atomic E-state index is -0.413. The summed E-state index contributed by atoms with van der Waals surface area (Å²) in [5.41, 5.74) is 4.37. The van der Waals surface area contributed by atoms with E-state index in [2.05, 4.69) is 49.7 Å². The van der Waals surface area contributed by atoms with E-state index in [-0.39, 0.29) is 6.61 Å². The summed E-state index contributed by atoms with van der Waals surface area (Å²) in [6, 6.07) is 12.5. The van der Waals surface area contributed by atoms with Crippen LogP contribution in [0.15, 0.2) is 49.1 Å². The van der Waals surface area contributed by atoms with Crippen LogP contribution in [-0.4, -0.2) is 11.0 Å². The van der Waals surface area contributed by atoms with Gasteiger partial charge in [-0.25, -0.2) is 4.79 Å². The number of ether oxygens (including phenoxy) is 1. The van der Waals surface area contributed by atoms with Crippen molar-refractivity contribution in [2.24, 2.45) is 0 Å². The molecule has 1 unspecified atom stereocenters. The van der Waals surface area contributed by atoms with Gasteiger partial charge in [0.05, 0.1) is 5.69 Å². The molecule has 0 saturated carbocycles. The predicted octanol–water partition coefficient (Wildman–Crippen LogP) is 4.42. The maximum Gasteiger partial charge on any atom is 0.330 e. The number of esters is 1. The number of benzene rings is 1. The largest absolute Gasteiger partial charge is 0.456 e. The Hall–Kier alpha value is -2.29. The number of aromatic nitrogens is 1. The SMILES string of the molecule is C=CC(=O)OCc1ccc(-c2ccc(C(C)CC)cc2)[nH]1. The van der Waals surface area contributed by atoms with E-state index in [1.54, 1.807) is 0 Å². The Kier molecular flexibility index (Phi) is 4.99. The highest BCUT2D eigenvalue weighted by Crippen LogP contribution is 2.24. The van der Waals surface area contributed by atoms with Gasteiger partial charge in [-0.15, -0.1) is 0 Å². The van der Waals surface area contributed by atoms with Gasteiger partial charge in [-0.2, -0.15) is 0 Å². The number of carbonyl (C=O) groups excluding carboxylic acids is 1. The third kappa shape index (κ3) is 3.85. The Labute approximate surface area is 125 Å². The number of carbonyl (C=O) groups is 1. The number of hydrogen-bond acceptors (Lipinski definition) is 2. The molecule has 21 heavy (non-hydrogen) atoms. The van der Waals surface area contributed by atoms with E-state index < -0.39 is 5.97 Å². The highest BCUT2D eigenvalue weighted by atomic mass is 16.5. The molecule has 0 aliphatic heterocycles. The predicted molar refractivity (Wildman–Crippen MR) is 84.9 cm³/mol. The average molecular weight is 283 g/mol. The minimum absolute atomic E-state index is 0.232. The normalized spacial score (nSPS) is 11.9. The van der Waals surface area contributed by atoms with E-state index in [9.17, 15) is 4.79 Å². The molecule has 3 heteroatoms. The van der Waals surface area contributed by atoms with Gasteiger partial charge < -0.3 is 9.72 Å². The van der Waals surface area contributed by atoms with Crippen molar-refractivity contribution in [3.63, 3.8) is 0 Å². The maximum atomic E-state index is 11.0. The lowest BCUT2D eigenvalue weighted by Gasteiger charge is -2.09. The van der Waals surface area contributed by atoms with Crippen LogP contribution in [0, 0.1) is 0 Å². The third-order valence-electron chi connectivity index (χ3n) is 3.69. The summed E-state index contributed by atoms with van der Waals surface area (Å²) in [4.78, 5) is 14.3. The molecule has 0 aliphatic rings. The van der Waals surface area contributed by atoms with Crippen LogP contribution in [0.25, 0.3) is 11.3 Å². The van der Waals surface area contributed by atoms with E-state index in [4.69, 9.17) is 4.74 Å². The highest BCUT2D eigenvalue weighted by molar-refractivity contribution is 5.81. The van der Waals surface area contributed by atoms with Crippen LogP contribution < -0.4 is 0 Å². The molecule has 3 nitrogen and oxygen atoms in total. The first-order valence-corrected chi connectivity index (χ1v) is 7.21. The van der Waals surface area contributed by atoms with Crippen LogP contribution in [0.3, 0.4) is 0 Å². The lowest BCUT2D eigenvalue weighted by atomic mass is 9.97. The molecule has 0 bridgehead atoms. The van der Waals surface area contributed by atoms with Gasteiger partial charge in [-0.05, 0) is 35.6 Å². The molecular weight excluding hydrogens is 262 g/mol. The van der Waals surface area contributed by atoms with E-state index >= 15 is 0 Å². The molecule has 0 amide bonds. The van der Waals surface area contributed by atoms with Gasteiger partial charge >= 0.3 is 5.97 Å². The van der Waals surface area contributed by atoms with E-state index in [1.807, 2.05) is 12.1 Å². The minimum Gasteiger partial charge on any atom is -0.456 e. The Bertz CT molecular complexity index is 610. The van der Waals surface area contributed by atoms with Crippen molar-refractivity contribution >= 4 is 5.97 Å². The second-order valence-electron chi connectivity index (χ2n) is 5.14. The summed E-state index contributed by atoms with van der Waals surface area (Å²) in [6.45, 7) is 8.03. The molecule has 110 valence electrons. The summed E-state index contributed by atoms with van der Waals surface area (Å²) < 4.78 is 5.00. The Morgan fingerprint density at radius 3 is 2.62 bits per heavy atom. The third-order valence-corrected chi connectivity index (χ3v) is 3.69. The molecule has 1 heterocycles. The highest BCUT2D eigenvalue weighted by Gasteiger charge is 2.06. The molecule has 1 N–H and O–H groups in total. The molecule has 1 aromatic carbocycles. The topological polar surface area (TPSA) is 42.1 Å². The monoisotopic (exact) mass is 283 g/mol. The van der Waals surface area contributed by atoms with E-state index in [1.165, 1.54) is 5.56 Å². The Morgan fingerprint density at radius 2 is 2.00 bits per heavy atom. The lowest BCUT2D eigenvalue weighted by Crippen LogP contribution is -2.00. The molecule has 0 fully saturated rings. The Balaban J connectivity index is 2.07. The summed E-state index contributed by atoms with van der Waals surface area (Å²) in [7, 11) is 0. The van der Waals surface area contributed by atoms with Crippen LogP contribution in [-0.2, 0) is 16.1 Å². The molecule has 0 aliphatic carbocycles. The lowest BCUT2D eigenvalue weighted by molar-refractivity contribution is -0.139. The molecule has 0 spiro atoms. The van der Waals surface area contributed by atoms with Gasteiger partial charge in [0.1, 0.15) is 6.61 Å². The quantitative estimate of drug-likeness (QED) is 0.629. The summed E-state index contributed by atoms with van der Waals surface area (Å²) in [6.07, 6.45) is 2.30. The maximum absolute atomic E-state index is 11.0. The standard InChI is InChI=1S/C18H21NO2/c1-4-13(3)14-6-8-15(9-7-14)17-11-10-16(19-17)12-21-18(20)5-2/h5-11,13,19H,2,4,12H2,1,3H3. The second kappa shape index (κ2) is 6.93. The van der Waals surface area contributed by atoms with Crippen molar-refractivity contribution in [3.8, 4) is 11.3 Å². The summed E-state index contributed by atoms with van der Waals surface area (Å²) >= 11 is 0. The number of rotatable bonds is 6. The fraction of sp³-hybridized carbons (Fsp3) is 0.278. The molecule has 0 saturated heterocycles. The van der Waals surface area contributed by atoms with E-state index in [0.29, 0.717) is 5.92 Å². The van der Waals surface area contributed by atoms with E-state index in [0.717, 1.165) is 29.4 Å². The smallest absolute Gasteiger partial charge is 0.330 e. The molecule has 2 rings (SSSR count). The van der Waals surface area contributed by atoms with Gasteiger partial charge in [0.2, 0.25) is 0 Å². The number of hydrogen-bond donors (Lipinski definition) is 1. The molecule has 0 radical (unpaired) electrons. The second-order valence-corrected chi connectivity index (χ2v) is 5.14. The first-order valence-electron chi connectivity index (χ1n) is 7.21. The van der Waals surface area contributed by atoms with Crippen molar-refractivity contribution < 1.29 is 9.53 Å². The summed E-state index contributed by atoms with van der Waals surface area (Å²) in [5.74, 6) is 0.167. The Morgan fingerprint density at radius 1 is 1.29 bits per heavy atom. The zero-order valence-electron chi connectivity index (χ0n) is 12.6. The number of aromatic amines is 1. The van der Waals surface area contributed by atoms with Crippen molar-refractivity contribution in [2.75, 3.05) is 0 Å². The van der Waals surface area contributed by atoms with Crippen molar-refractivity contribution in [2.45, 2.75) is 32.8 Å². The van der Waals surface area contributed by atoms with Crippen LogP contribution in [0.4, 0.5) is 0 Å². The number of H-pyrrole nitrogens is 1. The van der Waals surface area contributed by atoms with Crippen molar-refractivity contribution in [1.82, 2.24) is 4.98 Å². The molecule has 1 atom stereocenters. The zero-order valence-corrected chi connectivity index (χ0v) is 12.6. The van der Waals surface area contributed by atoms with Crippen molar-refractivity contribution in [3.05, 3.63) is 60.3 Å². The fourth-order valence-corrected chi connectivity index (χ4v) is 2.13. The van der Waals surface area contributed by atoms with Crippen molar-refractivity contribution in [1.29, 1.82) is 0 Å². The first-order chi connectivity index (χ1) is 10.1. The van der Waals surface area contributed by atoms with Gasteiger partial charge in [-0.3, -0.25) is 0 Å². The molecular formula is C18H21NO2. The first kappa shape index (κ1) is 15.1. The van der Waals surface area contributed by atoms with Gasteiger partial charge in [-0.1, -0.05) is 44.7 Å².